The van der Waals surface area contributed by atoms with Crippen LogP contribution < -0.4 is 5.73 Å². The van der Waals surface area contributed by atoms with E-state index in [9.17, 15) is 0 Å². The molecule has 0 aromatic rings. The molecule has 2 nitrogen and oxygen atoms in total. The van der Waals surface area contributed by atoms with Crippen LogP contribution in [0.3, 0.4) is 0 Å². The van der Waals surface area contributed by atoms with Crippen molar-refractivity contribution in [1.82, 2.24) is 0 Å². The number of nitrogens with two attached hydrogens (primary N) is 1. The molecule has 0 aromatic carbocycles. The number of hydrogen-bond donors (Lipinski definition) is 1. The molecule has 0 heterocycles. The summed E-state index contributed by atoms with van der Waals surface area (Å²) < 4.78 is 6.43. The van der Waals surface area contributed by atoms with Crippen LogP contribution in [0.1, 0.15) is 84.0 Å². The SMILES string of the molecule is CCCCCCCCOC12CC3CC(CC(N)(C3)C1)C2. The van der Waals surface area contributed by atoms with Crippen LogP contribution in [-0.4, -0.2) is 17.7 Å². The lowest BCUT2D eigenvalue weighted by atomic mass is 9.51. The van der Waals surface area contributed by atoms with Crippen LogP contribution in [0, 0.1) is 11.8 Å². The predicted octanol–water partition coefficient (Wildman–Crippen LogP) is 4.41. The Labute approximate surface area is 124 Å². The second-order valence-corrected chi connectivity index (χ2v) is 8.12. The number of rotatable bonds is 8. The molecule has 4 saturated carbocycles. The summed E-state index contributed by atoms with van der Waals surface area (Å²) in [5, 5.41) is 0. The fourth-order valence-electron chi connectivity index (χ4n) is 5.59. The van der Waals surface area contributed by atoms with E-state index in [1.807, 2.05) is 0 Å². The van der Waals surface area contributed by atoms with Crippen molar-refractivity contribution < 1.29 is 4.74 Å². The topological polar surface area (TPSA) is 35.2 Å². The standard InChI is InChI=1S/C18H33NO/c1-2-3-4-5-6-7-8-20-18-12-15-9-16(13-18)11-17(19,10-15)14-18/h15-16H,2-14,19H2,1H3. The maximum absolute atomic E-state index is 6.61. The van der Waals surface area contributed by atoms with Crippen molar-refractivity contribution in [2.45, 2.75) is 95.1 Å². The van der Waals surface area contributed by atoms with Crippen LogP contribution >= 0.6 is 0 Å². The lowest BCUT2D eigenvalue weighted by Crippen LogP contribution is -2.63. The van der Waals surface area contributed by atoms with Gasteiger partial charge >= 0.3 is 0 Å². The monoisotopic (exact) mass is 279 g/mol. The zero-order valence-electron chi connectivity index (χ0n) is 13.3. The summed E-state index contributed by atoms with van der Waals surface area (Å²) in [7, 11) is 0. The molecular formula is C18H33NO. The van der Waals surface area contributed by atoms with Gasteiger partial charge in [-0.3, -0.25) is 0 Å². The predicted molar refractivity (Wildman–Crippen MR) is 83.7 cm³/mol. The first-order chi connectivity index (χ1) is 9.63. The minimum atomic E-state index is 0.130. The Kier molecular flexibility index (Phi) is 4.42. The van der Waals surface area contributed by atoms with E-state index >= 15 is 0 Å². The Balaban J connectivity index is 1.41. The smallest absolute Gasteiger partial charge is 0.0705 e. The van der Waals surface area contributed by atoms with Crippen molar-refractivity contribution in [3.63, 3.8) is 0 Å². The van der Waals surface area contributed by atoms with E-state index in [0.29, 0.717) is 0 Å². The molecule has 0 aromatic heterocycles. The lowest BCUT2D eigenvalue weighted by Gasteiger charge is -2.60. The van der Waals surface area contributed by atoms with Gasteiger partial charge in [0.15, 0.2) is 0 Å². The Hall–Kier alpha value is -0.0800. The molecular weight excluding hydrogens is 246 g/mol. The first kappa shape index (κ1) is 14.8. The van der Waals surface area contributed by atoms with E-state index in [4.69, 9.17) is 10.5 Å². The normalized spacial score (nSPS) is 42.3. The van der Waals surface area contributed by atoms with Crippen molar-refractivity contribution in [2.24, 2.45) is 17.6 Å². The molecule has 4 aliphatic carbocycles. The molecule has 2 N–H and O–H groups in total. The second kappa shape index (κ2) is 5.96. The number of hydrogen-bond acceptors (Lipinski definition) is 2. The highest BCUT2D eigenvalue weighted by Gasteiger charge is 2.56. The van der Waals surface area contributed by atoms with Crippen molar-refractivity contribution in [3.05, 3.63) is 0 Å². The van der Waals surface area contributed by atoms with Crippen LogP contribution in [0.5, 0.6) is 0 Å². The van der Waals surface area contributed by atoms with Gasteiger partial charge in [0.05, 0.1) is 5.60 Å². The summed E-state index contributed by atoms with van der Waals surface area (Å²) in [4.78, 5) is 0. The third kappa shape index (κ3) is 3.22. The van der Waals surface area contributed by atoms with E-state index in [2.05, 4.69) is 6.92 Å². The molecule has 20 heavy (non-hydrogen) atoms. The molecule has 0 saturated heterocycles. The van der Waals surface area contributed by atoms with Gasteiger partial charge in [-0.1, -0.05) is 39.0 Å². The van der Waals surface area contributed by atoms with Gasteiger partial charge in [-0.25, -0.2) is 0 Å². The Morgan fingerprint density at radius 3 is 2.25 bits per heavy atom. The molecule has 2 heteroatoms. The lowest BCUT2D eigenvalue weighted by molar-refractivity contribution is -0.169. The molecule has 2 atom stereocenters. The third-order valence-corrected chi connectivity index (χ3v) is 5.96. The summed E-state index contributed by atoms with van der Waals surface area (Å²) in [6, 6.07) is 0. The summed E-state index contributed by atoms with van der Waals surface area (Å²) in [5.74, 6) is 1.73. The largest absolute Gasteiger partial charge is 0.375 e. The van der Waals surface area contributed by atoms with Crippen molar-refractivity contribution in [2.75, 3.05) is 6.61 Å². The highest BCUT2D eigenvalue weighted by Crippen LogP contribution is 2.57. The van der Waals surface area contributed by atoms with Gasteiger partial charge in [-0.2, -0.15) is 0 Å². The van der Waals surface area contributed by atoms with Crippen molar-refractivity contribution in [3.8, 4) is 0 Å². The van der Waals surface area contributed by atoms with Crippen LogP contribution in [0.4, 0.5) is 0 Å². The average molecular weight is 279 g/mol. The van der Waals surface area contributed by atoms with Gasteiger partial charge in [0, 0.05) is 12.1 Å². The maximum Gasteiger partial charge on any atom is 0.0705 e. The highest BCUT2D eigenvalue weighted by atomic mass is 16.5. The first-order valence-electron chi connectivity index (χ1n) is 9.06. The third-order valence-electron chi connectivity index (χ3n) is 5.96. The second-order valence-electron chi connectivity index (χ2n) is 8.12. The number of ether oxygens (including phenoxy) is 1. The van der Waals surface area contributed by atoms with Crippen LogP contribution in [0.25, 0.3) is 0 Å². The molecule has 0 radical (unpaired) electrons. The van der Waals surface area contributed by atoms with Crippen LogP contribution in [0.15, 0.2) is 0 Å². The van der Waals surface area contributed by atoms with Gasteiger partial charge in [0.25, 0.3) is 0 Å². The van der Waals surface area contributed by atoms with Gasteiger partial charge in [-0.05, 0) is 56.8 Å². The summed E-state index contributed by atoms with van der Waals surface area (Å²) in [6.45, 7) is 3.25. The summed E-state index contributed by atoms with van der Waals surface area (Å²) in [6.07, 6.45) is 15.8. The van der Waals surface area contributed by atoms with Crippen LogP contribution in [0.2, 0.25) is 0 Å². The molecule has 4 rings (SSSR count). The molecule has 0 amide bonds. The molecule has 4 fully saturated rings. The molecule has 116 valence electrons. The van der Waals surface area contributed by atoms with Gasteiger partial charge in [0.2, 0.25) is 0 Å². The minimum Gasteiger partial charge on any atom is -0.375 e. The first-order valence-corrected chi connectivity index (χ1v) is 9.06. The summed E-state index contributed by atoms with van der Waals surface area (Å²) >= 11 is 0. The van der Waals surface area contributed by atoms with E-state index in [-0.39, 0.29) is 11.1 Å². The van der Waals surface area contributed by atoms with Crippen molar-refractivity contribution >= 4 is 0 Å². The zero-order valence-corrected chi connectivity index (χ0v) is 13.3. The molecule has 4 bridgehead atoms. The van der Waals surface area contributed by atoms with E-state index in [1.54, 1.807) is 0 Å². The quantitative estimate of drug-likeness (QED) is 0.668. The number of unbranched alkanes of at least 4 members (excludes halogenated alkanes) is 5. The van der Waals surface area contributed by atoms with E-state index in [0.717, 1.165) is 24.9 Å². The van der Waals surface area contributed by atoms with Crippen molar-refractivity contribution in [1.29, 1.82) is 0 Å². The molecule has 4 aliphatic rings. The van der Waals surface area contributed by atoms with E-state index in [1.165, 1.54) is 70.6 Å². The Morgan fingerprint density at radius 2 is 1.60 bits per heavy atom. The van der Waals surface area contributed by atoms with Gasteiger partial charge in [-0.15, -0.1) is 0 Å². The molecule has 0 spiro atoms. The fraction of sp³-hybridized carbons (Fsp3) is 1.00. The average Bonchev–Trinajstić information content (AvgIpc) is 2.34. The van der Waals surface area contributed by atoms with E-state index < -0.39 is 0 Å². The Bertz CT molecular complexity index is 313. The minimum absolute atomic E-state index is 0.130. The Morgan fingerprint density at radius 1 is 0.950 bits per heavy atom. The van der Waals surface area contributed by atoms with Crippen LogP contribution in [-0.2, 0) is 4.74 Å². The molecule has 0 aliphatic heterocycles. The highest BCUT2D eigenvalue weighted by molar-refractivity contribution is 5.11. The molecule has 2 unspecified atom stereocenters. The zero-order chi connectivity index (χ0) is 14.1. The van der Waals surface area contributed by atoms with Gasteiger partial charge in [0.1, 0.15) is 0 Å². The maximum atomic E-state index is 6.61. The fourth-order valence-corrected chi connectivity index (χ4v) is 5.59. The summed E-state index contributed by atoms with van der Waals surface area (Å²) in [5.41, 5.74) is 6.92. The van der Waals surface area contributed by atoms with Gasteiger partial charge < -0.3 is 10.5 Å².